The SMILES string of the molecule is Cc1ccccc1NC(=O)Cc1nc(-c2ccc3c(c2)CC(=O)N3C)cs1. The predicted octanol–water partition coefficient (Wildman–Crippen LogP) is 3.82. The van der Waals surface area contributed by atoms with Crippen LogP contribution in [0.25, 0.3) is 11.3 Å². The van der Waals surface area contributed by atoms with Crippen LogP contribution in [0.1, 0.15) is 16.1 Å². The molecular formula is C21H19N3O2S. The second kappa shape index (κ2) is 6.96. The van der Waals surface area contributed by atoms with Crippen LogP contribution in [0, 0.1) is 6.92 Å². The van der Waals surface area contributed by atoms with E-state index in [0.717, 1.165) is 38.8 Å². The maximum absolute atomic E-state index is 12.3. The van der Waals surface area contributed by atoms with Gasteiger partial charge in [-0.2, -0.15) is 0 Å². The fourth-order valence-electron chi connectivity index (χ4n) is 3.20. The summed E-state index contributed by atoms with van der Waals surface area (Å²) < 4.78 is 0. The molecule has 0 aliphatic carbocycles. The molecule has 6 heteroatoms. The number of carbonyl (C=O) groups is 2. The van der Waals surface area contributed by atoms with Crippen molar-refractivity contribution in [2.24, 2.45) is 0 Å². The molecule has 0 bridgehead atoms. The number of aryl methyl sites for hydroxylation is 1. The number of thiazole rings is 1. The van der Waals surface area contributed by atoms with Gasteiger partial charge in [0.2, 0.25) is 11.8 Å². The Kier molecular flexibility index (Phi) is 4.49. The van der Waals surface area contributed by atoms with E-state index >= 15 is 0 Å². The van der Waals surface area contributed by atoms with E-state index in [0.29, 0.717) is 6.42 Å². The van der Waals surface area contributed by atoms with Gasteiger partial charge >= 0.3 is 0 Å². The molecule has 1 aliphatic heterocycles. The molecule has 2 aromatic carbocycles. The number of nitrogens with zero attached hydrogens (tertiary/aromatic N) is 2. The van der Waals surface area contributed by atoms with Gasteiger partial charge in [-0.05, 0) is 36.2 Å². The van der Waals surface area contributed by atoms with Gasteiger partial charge in [0.05, 0.1) is 18.5 Å². The van der Waals surface area contributed by atoms with Crippen LogP contribution in [0.3, 0.4) is 0 Å². The zero-order valence-corrected chi connectivity index (χ0v) is 16.0. The molecule has 1 N–H and O–H groups in total. The Hall–Kier alpha value is -2.99. The third-order valence-electron chi connectivity index (χ3n) is 4.74. The first-order valence-electron chi connectivity index (χ1n) is 8.71. The first-order valence-corrected chi connectivity index (χ1v) is 9.59. The van der Waals surface area contributed by atoms with Gasteiger partial charge < -0.3 is 10.2 Å². The molecule has 1 aromatic heterocycles. The molecule has 4 rings (SSSR count). The summed E-state index contributed by atoms with van der Waals surface area (Å²) in [5, 5.41) is 5.66. The minimum absolute atomic E-state index is 0.0774. The van der Waals surface area contributed by atoms with Gasteiger partial charge in [0.15, 0.2) is 0 Å². The number of benzene rings is 2. The van der Waals surface area contributed by atoms with E-state index in [1.54, 1.807) is 11.9 Å². The second-order valence-electron chi connectivity index (χ2n) is 6.64. The van der Waals surface area contributed by atoms with Gasteiger partial charge in [0.25, 0.3) is 0 Å². The lowest BCUT2D eigenvalue weighted by molar-refractivity contribution is -0.117. The lowest BCUT2D eigenvalue weighted by Gasteiger charge is -2.09. The Bertz CT molecular complexity index is 1040. The van der Waals surface area contributed by atoms with E-state index in [4.69, 9.17) is 0 Å². The number of fused-ring (bicyclic) bond motifs is 1. The highest BCUT2D eigenvalue weighted by Gasteiger charge is 2.24. The fourth-order valence-corrected chi connectivity index (χ4v) is 4.00. The van der Waals surface area contributed by atoms with E-state index < -0.39 is 0 Å². The molecule has 5 nitrogen and oxygen atoms in total. The highest BCUT2D eigenvalue weighted by molar-refractivity contribution is 7.10. The minimum atomic E-state index is -0.0774. The summed E-state index contributed by atoms with van der Waals surface area (Å²) >= 11 is 1.47. The van der Waals surface area contributed by atoms with Crippen molar-refractivity contribution in [2.75, 3.05) is 17.3 Å². The number of hydrogen-bond acceptors (Lipinski definition) is 4. The quantitative estimate of drug-likeness (QED) is 0.752. The molecule has 0 radical (unpaired) electrons. The Morgan fingerprint density at radius 1 is 1.26 bits per heavy atom. The molecule has 27 heavy (non-hydrogen) atoms. The lowest BCUT2D eigenvalue weighted by Crippen LogP contribution is -2.20. The summed E-state index contributed by atoms with van der Waals surface area (Å²) in [7, 11) is 1.79. The molecule has 0 saturated carbocycles. The normalized spacial score (nSPS) is 13.0. The summed E-state index contributed by atoms with van der Waals surface area (Å²) in [4.78, 5) is 30.5. The van der Waals surface area contributed by atoms with Gasteiger partial charge in [-0.25, -0.2) is 4.98 Å². The van der Waals surface area contributed by atoms with Crippen molar-refractivity contribution in [3.8, 4) is 11.3 Å². The van der Waals surface area contributed by atoms with Crippen molar-refractivity contribution < 1.29 is 9.59 Å². The summed E-state index contributed by atoms with van der Waals surface area (Å²) in [5.74, 6) is 0.0281. The zero-order chi connectivity index (χ0) is 19.0. The number of aromatic nitrogens is 1. The van der Waals surface area contributed by atoms with Crippen LogP contribution < -0.4 is 10.2 Å². The Balaban J connectivity index is 1.48. The molecule has 0 unspecified atom stereocenters. The third kappa shape index (κ3) is 3.48. The van der Waals surface area contributed by atoms with Crippen LogP contribution in [-0.2, 0) is 22.4 Å². The molecule has 3 aromatic rings. The topological polar surface area (TPSA) is 62.3 Å². The monoisotopic (exact) mass is 377 g/mol. The number of amides is 2. The Labute approximate surface area is 161 Å². The molecule has 2 heterocycles. The second-order valence-corrected chi connectivity index (χ2v) is 7.58. The van der Waals surface area contributed by atoms with Crippen molar-refractivity contribution in [3.05, 3.63) is 64.0 Å². The summed E-state index contributed by atoms with van der Waals surface area (Å²) in [6.45, 7) is 1.97. The third-order valence-corrected chi connectivity index (χ3v) is 5.58. The van der Waals surface area contributed by atoms with Gasteiger partial charge in [-0.15, -0.1) is 11.3 Å². The van der Waals surface area contributed by atoms with Gasteiger partial charge in [0, 0.05) is 29.4 Å². The van der Waals surface area contributed by atoms with Crippen LogP contribution in [0.5, 0.6) is 0 Å². The lowest BCUT2D eigenvalue weighted by atomic mass is 10.1. The smallest absolute Gasteiger partial charge is 0.231 e. The van der Waals surface area contributed by atoms with Crippen LogP contribution in [-0.4, -0.2) is 23.8 Å². The first kappa shape index (κ1) is 17.4. The zero-order valence-electron chi connectivity index (χ0n) is 15.2. The minimum Gasteiger partial charge on any atom is -0.325 e. The van der Waals surface area contributed by atoms with E-state index in [2.05, 4.69) is 10.3 Å². The van der Waals surface area contributed by atoms with Crippen LogP contribution >= 0.6 is 11.3 Å². The van der Waals surface area contributed by atoms with Gasteiger partial charge in [-0.1, -0.05) is 24.3 Å². The van der Waals surface area contributed by atoms with Crippen LogP contribution in [0.4, 0.5) is 11.4 Å². The summed E-state index contributed by atoms with van der Waals surface area (Å²) in [6.07, 6.45) is 0.667. The van der Waals surface area contributed by atoms with E-state index in [1.165, 1.54) is 11.3 Å². The maximum atomic E-state index is 12.3. The van der Waals surface area contributed by atoms with Crippen LogP contribution in [0.2, 0.25) is 0 Å². The molecule has 0 saturated heterocycles. The molecular weight excluding hydrogens is 358 g/mol. The average Bonchev–Trinajstić information content (AvgIpc) is 3.21. The first-order chi connectivity index (χ1) is 13.0. The molecule has 0 fully saturated rings. The van der Waals surface area contributed by atoms with Gasteiger partial charge in [-0.3, -0.25) is 9.59 Å². The van der Waals surface area contributed by atoms with Crippen LogP contribution in [0.15, 0.2) is 47.8 Å². The van der Waals surface area contributed by atoms with E-state index in [1.807, 2.05) is 54.8 Å². The van der Waals surface area contributed by atoms with E-state index in [9.17, 15) is 9.59 Å². The summed E-state index contributed by atoms with van der Waals surface area (Å²) in [6, 6.07) is 13.7. The highest BCUT2D eigenvalue weighted by atomic mass is 32.1. The standard InChI is InChI=1S/C21H19N3O2S/c1-13-5-3-4-6-16(13)22-19(25)11-20-23-17(12-27-20)14-7-8-18-15(9-14)10-21(26)24(18)2/h3-9,12H,10-11H2,1-2H3,(H,22,25). The van der Waals surface area contributed by atoms with Crippen molar-refractivity contribution in [3.63, 3.8) is 0 Å². The number of hydrogen-bond donors (Lipinski definition) is 1. The largest absolute Gasteiger partial charge is 0.325 e. The predicted molar refractivity (Wildman–Crippen MR) is 108 cm³/mol. The molecule has 0 atom stereocenters. The maximum Gasteiger partial charge on any atom is 0.231 e. The number of likely N-dealkylation sites (N-methyl/N-ethyl adjacent to an activating group) is 1. The Morgan fingerprint density at radius 2 is 2.07 bits per heavy atom. The van der Waals surface area contributed by atoms with E-state index in [-0.39, 0.29) is 18.2 Å². The van der Waals surface area contributed by atoms with Crippen molar-refractivity contribution in [1.82, 2.24) is 4.98 Å². The number of anilines is 2. The fraction of sp³-hybridized carbons (Fsp3) is 0.190. The number of para-hydroxylation sites is 1. The Morgan fingerprint density at radius 3 is 2.89 bits per heavy atom. The van der Waals surface area contributed by atoms with Crippen molar-refractivity contribution >= 4 is 34.5 Å². The van der Waals surface area contributed by atoms with Crippen molar-refractivity contribution in [1.29, 1.82) is 0 Å². The average molecular weight is 377 g/mol. The number of rotatable bonds is 4. The molecule has 136 valence electrons. The highest BCUT2D eigenvalue weighted by Crippen LogP contribution is 2.32. The summed E-state index contributed by atoms with van der Waals surface area (Å²) in [5.41, 5.74) is 5.64. The number of carbonyl (C=O) groups excluding carboxylic acids is 2. The van der Waals surface area contributed by atoms with Crippen molar-refractivity contribution in [2.45, 2.75) is 19.8 Å². The van der Waals surface area contributed by atoms with Gasteiger partial charge in [0.1, 0.15) is 5.01 Å². The number of nitrogens with one attached hydrogen (secondary N) is 1. The molecule has 1 aliphatic rings. The molecule has 0 spiro atoms. The molecule has 2 amide bonds.